The fraction of sp³-hybridized carbons (Fsp3) is 0.520. The summed E-state index contributed by atoms with van der Waals surface area (Å²) in [5.74, 6) is 1.70. The van der Waals surface area contributed by atoms with Gasteiger partial charge in [-0.25, -0.2) is 4.98 Å². The van der Waals surface area contributed by atoms with Gasteiger partial charge in [-0.2, -0.15) is 0 Å². The van der Waals surface area contributed by atoms with Crippen molar-refractivity contribution in [1.82, 2.24) is 14.8 Å². The second-order valence-corrected chi connectivity index (χ2v) is 9.36. The molecule has 3 heterocycles. The molecule has 1 aromatic carbocycles. The van der Waals surface area contributed by atoms with Gasteiger partial charge in [-0.15, -0.1) is 0 Å². The van der Waals surface area contributed by atoms with Gasteiger partial charge in [0, 0.05) is 49.9 Å². The molecule has 2 aromatic rings. The molecule has 8 nitrogen and oxygen atoms in total. The average molecular weight is 488 g/mol. The van der Waals surface area contributed by atoms with Gasteiger partial charge in [0.15, 0.2) is 11.5 Å². The van der Waals surface area contributed by atoms with Gasteiger partial charge in [0.1, 0.15) is 6.10 Å². The minimum Gasteiger partial charge on any atom is -0.493 e. The molecule has 0 radical (unpaired) electrons. The van der Waals surface area contributed by atoms with Crippen LogP contribution in [0.1, 0.15) is 31.2 Å². The molecule has 0 unspecified atom stereocenters. The molecule has 0 bridgehead atoms. The number of hydrogen-bond acceptors (Lipinski definition) is 8. The zero-order valence-corrected chi connectivity index (χ0v) is 20.9. The summed E-state index contributed by atoms with van der Waals surface area (Å²) in [4.78, 5) is 21.5. The van der Waals surface area contributed by atoms with Crippen LogP contribution >= 0.6 is 11.3 Å². The third kappa shape index (κ3) is 5.82. The first kappa shape index (κ1) is 24.3. The number of aromatic nitrogens is 1. The van der Waals surface area contributed by atoms with E-state index in [-0.39, 0.29) is 12.0 Å². The van der Waals surface area contributed by atoms with Crippen LogP contribution in [0, 0.1) is 0 Å². The number of thiazole rings is 1. The number of carbonyl (C=O) groups is 1. The van der Waals surface area contributed by atoms with Crippen molar-refractivity contribution in [3.8, 4) is 22.4 Å². The number of benzene rings is 1. The summed E-state index contributed by atoms with van der Waals surface area (Å²) >= 11 is 1.55. The summed E-state index contributed by atoms with van der Waals surface area (Å²) in [7, 11) is 4.73. The van der Waals surface area contributed by atoms with E-state index in [1.54, 1.807) is 51.0 Å². The number of nitrogens with zero attached hydrogens (tertiary/aromatic N) is 3. The fourth-order valence-corrected chi connectivity index (χ4v) is 5.24. The number of carbonyl (C=O) groups excluding carboxylic acids is 1. The topological polar surface area (TPSA) is 73.4 Å². The third-order valence-electron chi connectivity index (χ3n) is 6.55. The van der Waals surface area contributed by atoms with Crippen molar-refractivity contribution in [3.63, 3.8) is 0 Å². The lowest BCUT2D eigenvalue weighted by Crippen LogP contribution is -2.49. The number of piperidine rings is 2. The van der Waals surface area contributed by atoms with E-state index in [4.69, 9.17) is 18.9 Å². The standard InChI is InChI=1S/C25H33N3O5S/c1-30-21-16-18(17-22(31-2)24(21)32-3)4-5-23(29)28-11-6-19(7-12-28)27-13-8-20(9-14-27)33-25-26-10-15-34-25/h4-5,10,15-17,19-20H,6-9,11-14H2,1-3H3. The highest BCUT2D eigenvalue weighted by Gasteiger charge is 2.30. The minimum atomic E-state index is 0.0303. The van der Waals surface area contributed by atoms with E-state index in [0.717, 1.165) is 62.6 Å². The van der Waals surface area contributed by atoms with Crippen molar-refractivity contribution in [1.29, 1.82) is 0 Å². The van der Waals surface area contributed by atoms with Crippen molar-refractivity contribution in [2.75, 3.05) is 47.5 Å². The molecule has 9 heteroatoms. The van der Waals surface area contributed by atoms with Gasteiger partial charge in [0.05, 0.1) is 21.3 Å². The molecular weight excluding hydrogens is 454 g/mol. The lowest BCUT2D eigenvalue weighted by atomic mass is 9.99. The SMILES string of the molecule is COc1cc(C=CC(=O)N2CCC(N3CCC(Oc4nccs4)CC3)CC2)cc(OC)c1OC. The van der Waals surface area contributed by atoms with Gasteiger partial charge in [-0.3, -0.25) is 9.69 Å². The Kier molecular flexibility index (Phi) is 8.29. The third-order valence-corrected chi connectivity index (χ3v) is 7.21. The van der Waals surface area contributed by atoms with E-state index in [1.807, 2.05) is 22.4 Å². The van der Waals surface area contributed by atoms with E-state index in [9.17, 15) is 4.79 Å². The molecule has 2 saturated heterocycles. The molecule has 2 aliphatic heterocycles. The van der Waals surface area contributed by atoms with Crippen LogP contribution in [0.2, 0.25) is 0 Å². The van der Waals surface area contributed by atoms with E-state index in [0.29, 0.717) is 23.3 Å². The number of hydrogen-bond donors (Lipinski definition) is 0. The van der Waals surface area contributed by atoms with Gasteiger partial charge in [-0.05, 0) is 49.5 Å². The Morgan fingerprint density at radius 3 is 2.24 bits per heavy atom. The van der Waals surface area contributed by atoms with Crippen LogP contribution in [0.15, 0.2) is 29.8 Å². The van der Waals surface area contributed by atoms with Gasteiger partial charge in [0.2, 0.25) is 11.7 Å². The van der Waals surface area contributed by atoms with Gasteiger partial charge >= 0.3 is 0 Å². The predicted molar refractivity (Wildman–Crippen MR) is 132 cm³/mol. The number of amides is 1. The fourth-order valence-electron chi connectivity index (χ4n) is 4.69. The van der Waals surface area contributed by atoms with Crippen LogP contribution in [0.25, 0.3) is 6.08 Å². The molecule has 4 rings (SSSR count). The maximum Gasteiger partial charge on any atom is 0.273 e. The van der Waals surface area contributed by atoms with Crippen molar-refractivity contribution >= 4 is 23.3 Å². The van der Waals surface area contributed by atoms with Crippen molar-refractivity contribution < 1.29 is 23.7 Å². The van der Waals surface area contributed by atoms with E-state index >= 15 is 0 Å². The van der Waals surface area contributed by atoms with Crippen LogP contribution in [0.3, 0.4) is 0 Å². The molecular formula is C25H33N3O5S. The van der Waals surface area contributed by atoms with Crippen LogP contribution in [-0.2, 0) is 4.79 Å². The Hall–Kier alpha value is -2.78. The van der Waals surface area contributed by atoms with Crippen molar-refractivity contribution in [2.45, 2.75) is 37.8 Å². The molecule has 0 aliphatic carbocycles. The molecule has 0 atom stereocenters. The normalized spacial score (nSPS) is 18.3. The molecule has 34 heavy (non-hydrogen) atoms. The highest BCUT2D eigenvalue weighted by atomic mass is 32.1. The second-order valence-electron chi connectivity index (χ2n) is 8.50. The Bertz CT molecular complexity index is 940. The molecule has 1 aromatic heterocycles. The van der Waals surface area contributed by atoms with Crippen LogP contribution < -0.4 is 18.9 Å². The van der Waals surface area contributed by atoms with Crippen molar-refractivity contribution in [2.24, 2.45) is 0 Å². The second kappa shape index (κ2) is 11.6. The van der Waals surface area contributed by atoms with Gasteiger partial charge < -0.3 is 23.8 Å². The molecule has 2 fully saturated rings. The quantitative estimate of drug-likeness (QED) is 0.526. The summed E-state index contributed by atoms with van der Waals surface area (Å²) in [6.45, 7) is 3.63. The first-order valence-corrected chi connectivity index (χ1v) is 12.6. The number of ether oxygens (including phenoxy) is 4. The van der Waals surface area contributed by atoms with E-state index in [2.05, 4.69) is 9.88 Å². The predicted octanol–water partition coefficient (Wildman–Crippen LogP) is 3.72. The lowest BCUT2D eigenvalue weighted by Gasteiger charge is -2.41. The zero-order valence-electron chi connectivity index (χ0n) is 20.1. The Balaban J connectivity index is 1.26. The summed E-state index contributed by atoms with van der Waals surface area (Å²) in [5, 5.41) is 2.71. The minimum absolute atomic E-state index is 0.0303. The Morgan fingerprint density at radius 1 is 1.00 bits per heavy atom. The molecule has 0 saturated carbocycles. The zero-order chi connectivity index (χ0) is 23.9. The average Bonchev–Trinajstić information content (AvgIpc) is 3.40. The van der Waals surface area contributed by atoms with Crippen LogP contribution in [-0.4, -0.2) is 80.3 Å². The summed E-state index contributed by atoms with van der Waals surface area (Å²) < 4.78 is 22.1. The molecule has 0 N–H and O–H groups in total. The smallest absolute Gasteiger partial charge is 0.273 e. The number of methoxy groups -OCH3 is 3. The first-order valence-electron chi connectivity index (χ1n) is 11.7. The van der Waals surface area contributed by atoms with Gasteiger partial charge in [0.25, 0.3) is 5.19 Å². The maximum absolute atomic E-state index is 12.8. The van der Waals surface area contributed by atoms with E-state index < -0.39 is 0 Å². The van der Waals surface area contributed by atoms with Gasteiger partial charge in [-0.1, -0.05) is 11.3 Å². The highest BCUT2D eigenvalue weighted by molar-refractivity contribution is 7.11. The largest absolute Gasteiger partial charge is 0.493 e. The van der Waals surface area contributed by atoms with Crippen molar-refractivity contribution in [3.05, 3.63) is 35.3 Å². The number of rotatable bonds is 8. The lowest BCUT2D eigenvalue weighted by molar-refractivity contribution is -0.127. The maximum atomic E-state index is 12.8. The molecule has 184 valence electrons. The molecule has 0 spiro atoms. The summed E-state index contributed by atoms with van der Waals surface area (Å²) in [5.41, 5.74) is 0.820. The Labute approximate surface area is 205 Å². The summed E-state index contributed by atoms with van der Waals surface area (Å²) in [6, 6.07) is 4.20. The Morgan fingerprint density at radius 2 is 1.68 bits per heavy atom. The van der Waals surface area contributed by atoms with Crippen LogP contribution in [0.5, 0.6) is 22.4 Å². The monoisotopic (exact) mass is 487 g/mol. The van der Waals surface area contributed by atoms with E-state index in [1.165, 1.54) is 0 Å². The molecule has 1 amide bonds. The highest BCUT2D eigenvalue weighted by Crippen LogP contribution is 2.38. The molecule has 2 aliphatic rings. The van der Waals surface area contributed by atoms with Crippen LogP contribution in [0.4, 0.5) is 0 Å². The first-order chi connectivity index (χ1) is 16.6. The number of likely N-dealkylation sites (tertiary alicyclic amines) is 2. The summed E-state index contributed by atoms with van der Waals surface area (Å²) in [6.07, 6.45) is 9.51.